The number of anilines is 1. The van der Waals surface area contributed by atoms with Gasteiger partial charge in [0.05, 0.1) is 5.02 Å². The largest absolute Gasteiger partial charge is 0.353 e. The zero-order valence-electron chi connectivity index (χ0n) is 10.0. The molecule has 0 aliphatic carbocycles. The van der Waals surface area contributed by atoms with E-state index in [1.165, 1.54) is 0 Å². The Morgan fingerprint density at radius 3 is 2.88 bits per heavy atom. The second kappa shape index (κ2) is 5.25. The molecule has 1 aromatic heterocycles. The topological polar surface area (TPSA) is 16.1 Å². The summed E-state index contributed by atoms with van der Waals surface area (Å²) < 4.78 is 0.258. The fourth-order valence-electron chi connectivity index (χ4n) is 1.97. The molecule has 0 spiro atoms. The van der Waals surface area contributed by atoms with Crippen LogP contribution in [0.4, 0.5) is 5.82 Å². The third-order valence-corrected chi connectivity index (χ3v) is 4.64. The van der Waals surface area contributed by atoms with Gasteiger partial charge in [0.1, 0.15) is 5.82 Å². The highest BCUT2D eigenvalue weighted by Crippen LogP contribution is 2.34. The van der Waals surface area contributed by atoms with Gasteiger partial charge in [-0.25, -0.2) is 4.98 Å². The van der Waals surface area contributed by atoms with Crippen molar-refractivity contribution in [3.8, 4) is 0 Å². The van der Waals surface area contributed by atoms with E-state index in [1.54, 1.807) is 0 Å². The molecule has 2 nitrogen and oxygen atoms in total. The molecule has 94 valence electrons. The Labute approximate surface area is 117 Å². The average molecular weight is 291 g/mol. The van der Waals surface area contributed by atoms with Crippen molar-refractivity contribution in [1.29, 1.82) is 0 Å². The highest BCUT2D eigenvalue weighted by Gasteiger charge is 2.28. The van der Waals surface area contributed by atoms with Gasteiger partial charge in [0.25, 0.3) is 0 Å². The first-order chi connectivity index (χ1) is 8.02. The van der Waals surface area contributed by atoms with Gasteiger partial charge < -0.3 is 4.90 Å². The summed E-state index contributed by atoms with van der Waals surface area (Å²) in [5, 5.41) is 0.700. The van der Waals surface area contributed by atoms with Crippen molar-refractivity contribution in [3.63, 3.8) is 0 Å². The number of hydrogen-bond acceptors (Lipinski definition) is 3. The molecule has 1 aliphatic heterocycles. The number of alkyl halides is 1. The molecule has 0 unspecified atom stereocenters. The van der Waals surface area contributed by atoms with Crippen LogP contribution in [0.3, 0.4) is 0 Å². The summed E-state index contributed by atoms with van der Waals surface area (Å²) in [5.41, 5.74) is 0.964. The lowest BCUT2D eigenvalue weighted by Gasteiger charge is -2.38. The van der Waals surface area contributed by atoms with E-state index >= 15 is 0 Å². The number of rotatable bonds is 2. The number of thioether (sulfide) groups is 1. The minimum absolute atomic E-state index is 0.258. The summed E-state index contributed by atoms with van der Waals surface area (Å²) in [6, 6.07) is 1.91. The summed E-state index contributed by atoms with van der Waals surface area (Å²) in [6.45, 7) is 6.49. The first-order valence-corrected chi connectivity index (χ1v) is 7.51. The van der Waals surface area contributed by atoms with Crippen LogP contribution in [-0.2, 0) is 5.88 Å². The zero-order valence-corrected chi connectivity index (χ0v) is 12.4. The SMILES string of the molecule is CC1(C)CN(c2ncc(CCl)cc2Cl)CCS1. The van der Waals surface area contributed by atoms with Crippen LogP contribution in [0.25, 0.3) is 0 Å². The predicted molar refractivity (Wildman–Crippen MR) is 77.6 cm³/mol. The molecule has 1 saturated heterocycles. The van der Waals surface area contributed by atoms with Crippen molar-refractivity contribution >= 4 is 40.8 Å². The zero-order chi connectivity index (χ0) is 12.5. The number of pyridine rings is 1. The van der Waals surface area contributed by atoms with Gasteiger partial charge in [-0.3, -0.25) is 0 Å². The van der Waals surface area contributed by atoms with Crippen molar-refractivity contribution in [2.45, 2.75) is 24.5 Å². The van der Waals surface area contributed by atoms with Crippen molar-refractivity contribution in [2.75, 3.05) is 23.7 Å². The van der Waals surface area contributed by atoms with Crippen LogP contribution in [-0.4, -0.2) is 28.6 Å². The molecule has 2 heterocycles. The Hall–Kier alpha value is -0.120. The fourth-order valence-corrected chi connectivity index (χ4v) is 3.54. The van der Waals surface area contributed by atoms with Crippen molar-refractivity contribution in [3.05, 3.63) is 22.8 Å². The minimum atomic E-state index is 0.258. The Balaban J connectivity index is 2.22. The standard InChI is InChI=1S/C12H16Cl2N2S/c1-12(2)8-16(3-4-17-12)11-10(14)5-9(6-13)7-15-11/h5,7H,3-4,6,8H2,1-2H3. The Morgan fingerprint density at radius 2 is 2.29 bits per heavy atom. The minimum Gasteiger partial charge on any atom is -0.353 e. The van der Waals surface area contributed by atoms with Crippen LogP contribution in [0.1, 0.15) is 19.4 Å². The van der Waals surface area contributed by atoms with E-state index < -0.39 is 0 Å². The molecule has 0 bridgehead atoms. The molecule has 1 aromatic rings. The molecule has 17 heavy (non-hydrogen) atoms. The lowest BCUT2D eigenvalue weighted by atomic mass is 10.2. The average Bonchev–Trinajstić information content (AvgIpc) is 2.27. The summed E-state index contributed by atoms with van der Waals surface area (Å²) in [7, 11) is 0. The van der Waals surface area contributed by atoms with Crippen molar-refractivity contribution < 1.29 is 0 Å². The molecule has 5 heteroatoms. The molecule has 0 aromatic carbocycles. The van der Waals surface area contributed by atoms with Crippen LogP contribution >= 0.6 is 35.0 Å². The van der Waals surface area contributed by atoms with Gasteiger partial charge in [-0.2, -0.15) is 11.8 Å². The van der Waals surface area contributed by atoms with Gasteiger partial charge in [0.2, 0.25) is 0 Å². The highest BCUT2D eigenvalue weighted by molar-refractivity contribution is 8.00. The lowest BCUT2D eigenvalue weighted by molar-refractivity contribution is 0.642. The van der Waals surface area contributed by atoms with Gasteiger partial charge in [-0.05, 0) is 25.5 Å². The number of aromatic nitrogens is 1. The van der Waals surface area contributed by atoms with E-state index in [9.17, 15) is 0 Å². The fraction of sp³-hybridized carbons (Fsp3) is 0.583. The van der Waals surface area contributed by atoms with Crippen LogP contribution in [0.2, 0.25) is 5.02 Å². The third kappa shape index (κ3) is 3.21. The number of nitrogens with zero attached hydrogens (tertiary/aromatic N) is 2. The first kappa shape index (κ1) is 13.3. The second-order valence-corrected chi connectivity index (χ2v) is 7.29. The monoisotopic (exact) mass is 290 g/mol. The third-order valence-electron chi connectivity index (χ3n) is 2.76. The first-order valence-electron chi connectivity index (χ1n) is 5.61. The molecule has 1 aliphatic rings. The number of hydrogen-bond donors (Lipinski definition) is 0. The Morgan fingerprint density at radius 1 is 1.53 bits per heavy atom. The van der Waals surface area contributed by atoms with Crippen molar-refractivity contribution in [2.24, 2.45) is 0 Å². The van der Waals surface area contributed by atoms with Gasteiger partial charge >= 0.3 is 0 Å². The van der Waals surface area contributed by atoms with Gasteiger partial charge in [0.15, 0.2) is 0 Å². The predicted octanol–water partition coefficient (Wildman–Crippen LogP) is 3.81. The number of halogens is 2. The van der Waals surface area contributed by atoms with Crippen molar-refractivity contribution in [1.82, 2.24) is 4.98 Å². The van der Waals surface area contributed by atoms with Gasteiger partial charge in [-0.15, -0.1) is 11.6 Å². The van der Waals surface area contributed by atoms with Crippen LogP contribution in [0.15, 0.2) is 12.3 Å². The maximum Gasteiger partial charge on any atom is 0.147 e. The van der Waals surface area contributed by atoms with Gasteiger partial charge in [0, 0.05) is 35.7 Å². The summed E-state index contributed by atoms with van der Waals surface area (Å²) in [6.07, 6.45) is 1.81. The van der Waals surface area contributed by atoms with Crippen LogP contribution in [0.5, 0.6) is 0 Å². The van der Waals surface area contributed by atoms with E-state index in [0.29, 0.717) is 10.9 Å². The molecule has 0 radical (unpaired) electrons. The van der Waals surface area contributed by atoms with Gasteiger partial charge in [-0.1, -0.05) is 11.6 Å². The summed E-state index contributed by atoms with van der Waals surface area (Å²) in [4.78, 5) is 6.70. The summed E-state index contributed by atoms with van der Waals surface area (Å²) in [5.74, 6) is 2.45. The van der Waals surface area contributed by atoms with E-state index in [2.05, 4.69) is 23.7 Å². The second-order valence-electron chi connectivity index (χ2n) is 4.81. The summed E-state index contributed by atoms with van der Waals surface area (Å²) >= 11 is 14.0. The lowest BCUT2D eigenvalue weighted by Crippen LogP contribution is -2.43. The Kier molecular flexibility index (Phi) is 4.11. The smallest absolute Gasteiger partial charge is 0.147 e. The van der Waals surface area contributed by atoms with Crippen LogP contribution in [0, 0.1) is 0 Å². The highest BCUT2D eigenvalue weighted by atomic mass is 35.5. The molecule has 1 fully saturated rings. The van der Waals surface area contributed by atoms with E-state index in [0.717, 1.165) is 30.2 Å². The maximum absolute atomic E-state index is 6.26. The molecule has 2 rings (SSSR count). The maximum atomic E-state index is 6.26. The van der Waals surface area contributed by atoms with E-state index in [-0.39, 0.29) is 4.75 Å². The molecular formula is C12H16Cl2N2S. The normalized spacial score (nSPS) is 19.4. The van der Waals surface area contributed by atoms with E-state index in [4.69, 9.17) is 23.2 Å². The molecule has 0 atom stereocenters. The molecule has 0 N–H and O–H groups in total. The Bertz CT molecular complexity index is 409. The quantitative estimate of drug-likeness (QED) is 0.771. The molecular weight excluding hydrogens is 275 g/mol. The van der Waals surface area contributed by atoms with E-state index in [1.807, 2.05) is 24.0 Å². The molecule has 0 saturated carbocycles. The van der Waals surface area contributed by atoms with Crippen LogP contribution < -0.4 is 4.90 Å². The molecule has 0 amide bonds.